The van der Waals surface area contributed by atoms with Gasteiger partial charge in [-0.25, -0.2) is 4.98 Å². The van der Waals surface area contributed by atoms with Crippen LogP contribution in [0, 0.1) is 12.8 Å². The molecular weight excluding hydrogens is 268 g/mol. The lowest BCUT2D eigenvalue weighted by molar-refractivity contribution is 0.266. The van der Waals surface area contributed by atoms with Crippen LogP contribution in [0.5, 0.6) is 0 Å². The summed E-state index contributed by atoms with van der Waals surface area (Å²) in [6.07, 6.45) is 0. The average Bonchev–Trinajstić information content (AvgIpc) is 2.93. The number of hydrogen-bond acceptors (Lipinski definition) is 5. The molecule has 1 aliphatic heterocycles. The van der Waals surface area contributed by atoms with Crippen molar-refractivity contribution in [2.45, 2.75) is 39.8 Å². The van der Waals surface area contributed by atoms with Crippen molar-refractivity contribution in [3.05, 3.63) is 10.6 Å². The maximum absolute atomic E-state index is 4.81. The minimum Gasteiger partial charge on any atom is -0.346 e. The maximum Gasteiger partial charge on any atom is 0.185 e. The van der Waals surface area contributed by atoms with E-state index in [4.69, 9.17) is 4.98 Å². The van der Waals surface area contributed by atoms with Crippen molar-refractivity contribution in [2.24, 2.45) is 5.92 Å². The van der Waals surface area contributed by atoms with Crippen LogP contribution in [-0.4, -0.2) is 49.7 Å². The first-order chi connectivity index (χ1) is 9.43. The van der Waals surface area contributed by atoms with E-state index in [9.17, 15) is 0 Å². The van der Waals surface area contributed by atoms with Crippen LogP contribution >= 0.6 is 11.3 Å². The summed E-state index contributed by atoms with van der Waals surface area (Å²) in [7, 11) is 4.35. The summed E-state index contributed by atoms with van der Waals surface area (Å²) in [5.74, 6) is 0.698. The van der Waals surface area contributed by atoms with Gasteiger partial charge in [0.25, 0.3) is 0 Å². The number of thiazole rings is 1. The smallest absolute Gasteiger partial charge is 0.185 e. The highest BCUT2D eigenvalue weighted by atomic mass is 32.1. The number of hydrogen-bond donors (Lipinski definition) is 1. The van der Waals surface area contributed by atoms with Gasteiger partial charge in [-0.15, -0.1) is 11.3 Å². The Hall–Kier alpha value is -0.650. The molecule has 1 fully saturated rings. The van der Waals surface area contributed by atoms with Crippen molar-refractivity contribution in [1.29, 1.82) is 0 Å². The Morgan fingerprint density at radius 3 is 2.70 bits per heavy atom. The van der Waals surface area contributed by atoms with Gasteiger partial charge in [0.1, 0.15) is 0 Å². The van der Waals surface area contributed by atoms with Crippen LogP contribution in [0.3, 0.4) is 0 Å². The molecule has 1 aromatic heterocycles. The third kappa shape index (κ3) is 3.15. The van der Waals surface area contributed by atoms with Gasteiger partial charge in [0.05, 0.1) is 5.69 Å². The van der Waals surface area contributed by atoms with Crippen LogP contribution in [-0.2, 0) is 0 Å². The number of anilines is 1. The zero-order valence-electron chi connectivity index (χ0n) is 13.6. The molecule has 0 saturated carbocycles. The number of rotatable bonds is 5. The molecule has 4 nitrogen and oxygen atoms in total. The van der Waals surface area contributed by atoms with Gasteiger partial charge in [-0.3, -0.25) is 0 Å². The Labute approximate surface area is 127 Å². The standard InChI is InChI=1S/C15H28N4S/c1-7-16-11(3)14-12(4)17-15(20-14)19-8-10(2)13(9-19)18(5)6/h10-11,13,16H,7-9H2,1-6H3. The molecule has 0 spiro atoms. The molecule has 1 aromatic rings. The molecule has 0 amide bonds. The van der Waals surface area contributed by atoms with E-state index in [2.05, 4.69) is 56.9 Å². The van der Waals surface area contributed by atoms with E-state index in [0.717, 1.165) is 19.6 Å². The van der Waals surface area contributed by atoms with Crippen LogP contribution in [0.25, 0.3) is 0 Å². The normalized spacial score (nSPS) is 24.6. The second kappa shape index (κ2) is 6.41. The third-order valence-electron chi connectivity index (χ3n) is 4.23. The SMILES string of the molecule is CCNC(C)c1sc(N2CC(C)C(N(C)C)C2)nc1C. The fraction of sp³-hybridized carbons (Fsp3) is 0.800. The Morgan fingerprint density at radius 1 is 1.45 bits per heavy atom. The summed E-state index contributed by atoms with van der Waals surface area (Å²) >= 11 is 1.85. The molecule has 3 unspecified atom stereocenters. The van der Waals surface area contributed by atoms with Crippen LogP contribution in [0.4, 0.5) is 5.13 Å². The monoisotopic (exact) mass is 296 g/mol. The zero-order valence-corrected chi connectivity index (χ0v) is 14.4. The van der Waals surface area contributed by atoms with Crippen molar-refractivity contribution >= 4 is 16.5 Å². The third-order valence-corrected chi connectivity index (χ3v) is 5.63. The highest BCUT2D eigenvalue weighted by Crippen LogP contribution is 2.34. The van der Waals surface area contributed by atoms with Crippen LogP contribution in [0.15, 0.2) is 0 Å². The molecule has 0 radical (unpaired) electrons. The predicted octanol–water partition coefficient (Wildman–Crippen LogP) is 2.51. The molecule has 0 aromatic carbocycles. The van der Waals surface area contributed by atoms with E-state index < -0.39 is 0 Å². The molecule has 1 saturated heterocycles. The molecule has 0 aliphatic carbocycles. The lowest BCUT2D eigenvalue weighted by Gasteiger charge is -2.22. The molecule has 5 heteroatoms. The molecule has 1 aliphatic rings. The molecule has 2 rings (SSSR count). The van der Waals surface area contributed by atoms with Crippen molar-refractivity contribution in [3.8, 4) is 0 Å². The van der Waals surface area contributed by atoms with Crippen LogP contribution < -0.4 is 10.2 Å². The second-order valence-electron chi connectivity index (χ2n) is 6.14. The predicted molar refractivity (Wildman–Crippen MR) is 87.8 cm³/mol. The van der Waals surface area contributed by atoms with Gasteiger partial charge in [0.15, 0.2) is 5.13 Å². The lowest BCUT2D eigenvalue weighted by Crippen LogP contribution is -2.34. The largest absolute Gasteiger partial charge is 0.346 e. The highest BCUT2D eigenvalue weighted by molar-refractivity contribution is 7.15. The zero-order chi connectivity index (χ0) is 14.9. The number of aryl methyl sites for hydroxylation is 1. The summed E-state index contributed by atoms with van der Waals surface area (Å²) in [6, 6.07) is 1.03. The lowest BCUT2D eigenvalue weighted by atomic mass is 10.1. The van der Waals surface area contributed by atoms with E-state index in [1.54, 1.807) is 0 Å². The summed E-state index contributed by atoms with van der Waals surface area (Å²) in [5, 5.41) is 4.68. The number of aromatic nitrogens is 1. The second-order valence-corrected chi connectivity index (χ2v) is 7.15. The molecule has 3 atom stereocenters. The first-order valence-electron chi connectivity index (χ1n) is 7.56. The van der Waals surface area contributed by atoms with Gasteiger partial charge in [-0.05, 0) is 40.4 Å². The first kappa shape index (κ1) is 15.7. The van der Waals surface area contributed by atoms with Gasteiger partial charge in [-0.2, -0.15) is 0 Å². The summed E-state index contributed by atoms with van der Waals surface area (Å²) in [5.41, 5.74) is 1.18. The Balaban J connectivity index is 2.13. The van der Waals surface area contributed by atoms with Gasteiger partial charge < -0.3 is 15.1 Å². The average molecular weight is 296 g/mol. The topological polar surface area (TPSA) is 31.4 Å². The Kier molecular flexibility index (Phi) is 5.04. The van der Waals surface area contributed by atoms with Crippen molar-refractivity contribution in [2.75, 3.05) is 38.6 Å². The van der Waals surface area contributed by atoms with Crippen molar-refractivity contribution in [3.63, 3.8) is 0 Å². The van der Waals surface area contributed by atoms with E-state index in [-0.39, 0.29) is 0 Å². The maximum atomic E-state index is 4.81. The fourth-order valence-electron chi connectivity index (χ4n) is 3.11. The van der Waals surface area contributed by atoms with E-state index in [1.165, 1.54) is 15.7 Å². The van der Waals surface area contributed by atoms with E-state index >= 15 is 0 Å². The Bertz CT molecular complexity index is 443. The van der Waals surface area contributed by atoms with Gasteiger partial charge in [0.2, 0.25) is 0 Å². The molecule has 20 heavy (non-hydrogen) atoms. The molecule has 114 valence electrons. The Morgan fingerprint density at radius 2 is 2.15 bits per heavy atom. The molecule has 1 N–H and O–H groups in total. The molecular formula is C15H28N4S. The van der Waals surface area contributed by atoms with Gasteiger partial charge >= 0.3 is 0 Å². The summed E-state index contributed by atoms with van der Waals surface area (Å²) < 4.78 is 0. The van der Waals surface area contributed by atoms with E-state index in [0.29, 0.717) is 18.0 Å². The molecule has 2 heterocycles. The fourth-order valence-corrected chi connectivity index (χ4v) is 4.22. The minimum absolute atomic E-state index is 0.399. The van der Waals surface area contributed by atoms with Crippen LogP contribution in [0.2, 0.25) is 0 Å². The minimum atomic E-state index is 0.399. The molecule has 0 bridgehead atoms. The van der Waals surface area contributed by atoms with Crippen LogP contribution in [0.1, 0.15) is 37.4 Å². The van der Waals surface area contributed by atoms with Crippen molar-refractivity contribution < 1.29 is 0 Å². The summed E-state index contributed by atoms with van der Waals surface area (Å²) in [6.45, 7) is 12.1. The number of likely N-dealkylation sites (N-methyl/N-ethyl adjacent to an activating group) is 1. The number of nitrogens with one attached hydrogen (secondary N) is 1. The summed E-state index contributed by atoms with van der Waals surface area (Å²) in [4.78, 5) is 11.0. The number of nitrogens with zero attached hydrogens (tertiary/aromatic N) is 3. The van der Waals surface area contributed by atoms with E-state index in [1.807, 2.05) is 11.3 Å². The quantitative estimate of drug-likeness (QED) is 0.904. The van der Waals surface area contributed by atoms with Gasteiger partial charge in [0, 0.05) is 30.1 Å². The highest BCUT2D eigenvalue weighted by Gasteiger charge is 2.32. The van der Waals surface area contributed by atoms with Gasteiger partial charge in [-0.1, -0.05) is 13.8 Å². The van der Waals surface area contributed by atoms with Crippen molar-refractivity contribution in [1.82, 2.24) is 15.2 Å². The first-order valence-corrected chi connectivity index (χ1v) is 8.37.